The number of halogens is 1. The first-order chi connectivity index (χ1) is 8.27. The molecule has 0 aromatic carbocycles. The van der Waals surface area contributed by atoms with Gasteiger partial charge in [0.1, 0.15) is 12.0 Å². The summed E-state index contributed by atoms with van der Waals surface area (Å²) in [5.74, 6) is -0.240. The van der Waals surface area contributed by atoms with Crippen LogP contribution in [0.15, 0.2) is 41.4 Å². The number of hydrogen-bond acceptors (Lipinski definition) is 4. The quantitative estimate of drug-likeness (QED) is 0.932. The lowest BCUT2D eigenvalue weighted by Crippen LogP contribution is -2.24. The second kappa shape index (κ2) is 5.49. The van der Waals surface area contributed by atoms with Crippen molar-refractivity contribution in [2.75, 3.05) is 0 Å². The van der Waals surface area contributed by atoms with Gasteiger partial charge in [-0.3, -0.25) is 4.79 Å². The van der Waals surface area contributed by atoms with E-state index < -0.39 is 0 Å². The van der Waals surface area contributed by atoms with Crippen LogP contribution in [0.2, 0.25) is 0 Å². The SMILES string of the molecule is O=C(NCc1ccncn1)c1ncccc1Br. The lowest BCUT2D eigenvalue weighted by Gasteiger charge is -2.04. The maximum atomic E-state index is 11.8. The first-order valence-corrected chi connectivity index (χ1v) is 5.70. The minimum Gasteiger partial charge on any atom is -0.345 e. The number of rotatable bonds is 3. The monoisotopic (exact) mass is 292 g/mol. The number of pyridine rings is 1. The second-order valence-electron chi connectivity index (χ2n) is 3.22. The molecular weight excluding hydrogens is 284 g/mol. The molecular formula is C11H9BrN4O. The normalized spacial score (nSPS) is 9.94. The van der Waals surface area contributed by atoms with Crippen LogP contribution in [0.3, 0.4) is 0 Å². The van der Waals surface area contributed by atoms with Gasteiger partial charge in [0, 0.05) is 16.9 Å². The van der Waals surface area contributed by atoms with E-state index in [1.165, 1.54) is 6.33 Å². The summed E-state index contributed by atoms with van der Waals surface area (Å²) < 4.78 is 0.667. The van der Waals surface area contributed by atoms with Crippen molar-refractivity contribution < 1.29 is 4.79 Å². The van der Waals surface area contributed by atoms with E-state index >= 15 is 0 Å². The third-order valence-electron chi connectivity index (χ3n) is 2.05. The van der Waals surface area contributed by atoms with Crippen molar-refractivity contribution in [1.82, 2.24) is 20.3 Å². The maximum absolute atomic E-state index is 11.8. The van der Waals surface area contributed by atoms with Crippen molar-refractivity contribution in [1.29, 1.82) is 0 Å². The predicted molar refractivity (Wildman–Crippen MR) is 65.1 cm³/mol. The molecule has 0 bridgehead atoms. The summed E-state index contributed by atoms with van der Waals surface area (Å²) in [6.07, 6.45) is 4.65. The van der Waals surface area contributed by atoms with Crippen LogP contribution in [0.25, 0.3) is 0 Å². The van der Waals surface area contributed by atoms with Crippen LogP contribution in [0.5, 0.6) is 0 Å². The average molecular weight is 293 g/mol. The van der Waals surface area contributed by atoms with Gasteiger partial charge in [0.25, 0.3) is 5.91 Å². The van der Waals surface area contributed by atoms with Crippen molar-refractivity contribution in [3.63, 3.8) is 0 Å². The van der Waals surface area contributed by atoms with Crippen molar-refractivity contribution in [2.24, 2.45) is 0 Å². The standard InChI is InChI=1S/C11H9BrN4O/c12-9-2-1-4-14-10(9)11(17)15-6-8-3-5-13-7-16-8/h1-5,7H,6H2,(H,15,17). The number of nitrogens with zero attached hydrogens (tertiary/aromatic N) is 3. The van der Waals surface area contributed by atoms with Gasteiger partial charge in [-0.05, 0) is 34.1 Å². The summed E-state index contributed by atoms with van der Waals surface area (Å²) in [6.45, 7) is 0.352. The average Bonchev–Trinajstić information content (AvgIpc) is 2.38. The van der Waals surface area contributed by atoms with Gasteiger partial charge in [0.2, 0.25) is 0 Å². The van der Waals surface area contributed by atoms with Gasteiger partial charge >= 0.3 is 0 Å². The van der Waals surface area contributed by atoms with Crippen LogP contribution in [-0.4, -0.2) is 20.9 Å². The van der Waals surface area contributed by atoms with E-state index in [2.05, 4.69) is 36.2 Å². The number of carbonyl (C=O) groups excluding carboxylic acids is 1. The summed E-state index contributed by atoms with van der Waals surface area (Å²) in [5.41, 5.74) is 1.11. The Bertz CT molecular complexity index is 518. The molecule has 2 rings (SSSR count). The van der Waals surface area contributed by atoms with Crippen molar-refractivity contribution in [2.45, 2.75) is 6.54 Å². The van der Waals surface area contributed by atoms with Gasteiger partial charge in [0.15, 0.2) is 0 Å². The number of nitrogens with one attached hydrogen (secondary N) is 1. The number of amides is 1. The fraction of sp³-hybridized carbons (Fsp3) is 0.0909. The molecule has 2 aromatic heterocycles. The summed E-state index contributed by atoms with van der Waals surface area (Å²) in [6, 6.07) is 5.27. The molecule has 0 saturated heterocycles. The number of carbonyl (C=O) groups is 1. The zero-order valence-corrected chi connectivity index (χ0v) is 10.4. The molecule has 2 heterocycles. The zero-order chi connectivity index (χ0) is 12.1. The van der Waals surface area contributed by atoms with Gasteiger partial charge in [-0.1, -0.05) is 0 Å². The first kappa shape index (κ1) is 11.7. The second-order valence-corrected chi connectivity index (χ2v) is 4.07. The van der Waals surface area contributed by atoms with Crippen LogP contribution >= 0.6 is 15.9 Å². The highest BCUT2D eigenvalue weighted by Gasteiger charge is 2.10. The van der Waals surface area contributed by atoms with E-state index in [9.17, 15) is 4.79 Å². The van der Waals surface area contributed by atoms with E-state index in [4.69, 9.17) is 0 Å². The summed E-state index contributed by atoms with van der Waals surface area (Å²) in [4.78, 5) is 23.6. The first-order valence-electron chi connectivity index (χ1n) is 4.91. The molecule has 17 heavy (non-hydrogen) atoms. The van der Waals surface area contributed by atoms with E-state index in [1.54, 1.807) is 30.6 Å². The Labute approximate surface area is 106 Å². The smallest absolute Gasteiger partial charge is 0.271 e. The van der Waals surface area contributed by atoms with E-state index in [-0.39, 0.29) is 5.91 Å². The van der Waals surface area contributed by atoms with Crippen LogP contribution in [-0.2, 0) is 6.54 Å². The van der Waals surface area contributed by atoms with Gasteiger partial charge in [-0.2, -0.15) is 0 Å². The molecule has 0 spiro atoms. The Kier molecular flexibility index (Phi) is 3.77. The van der Waals surface area contributed by atoms with Crippen molar-refractivity contribution in [3.05, 3.63) is 52.8 Å². The summed E-state index contributed by atoms with van der Waals surface area (Å²) >= 11 is 3.27. The highest BCUT2D eigenvalue weighted by molar-refractivity contribution is 9.10. The van der Waals surface area contributed by atoms with E-state index in [0.717, 1.165) is 5.69 Å². The van der Waals surface area contributed by atoms with Crippen molar-refractivity contribution in [3.8, 4) is 0 Å². The molecule has 0 atom stereocenters. The molecule has 86 valence electrons. The highest BCUT2D eigenvalue weighted by Crippen LogP contribution is 2.12. The Morgan fingerprint density at radius 3 is 2.88 bits per heavy atom. The molecule has 0 fully saturated rings. The lowest BCUT2D eigenvalue weighted by molar-refractivity contribution is 0.0944. The number of hydrogen-bond donors (Lipinski definition) is 1. The molecule has 1 amide bonds. The molecule has 5 nitrogen and oxygen atoms in total. The Morgan fingerprint density at radius 1 is 1.29 bits per heavy atom. The minimum absolute atomic E-state index is 0.240. The van der Waals surface area contributed by atoms with Gasteiger partial charge in [0.05, 0.1) is 12.2 Å². The van der Waals surface area contributed by atoms with Gasteiger partial charge in [-0.25, -0.2) is 15.0 Å². The van der Waals surface area contributed by atoms with Gasteiger partial charge < -0.3 is 5.32 Å². The molecule has 0 aliphatic rings. The summed E-state index contributed by atoms with van der Waals surface area (Å²) in [7, 11) is 0. The van der Waals surface area contributed by atoms with Crippen molar-refractivity contribution >= 4 is 21.8 Å². The third-order valence-corrected chi connectivity index (χ3v) is 2.69. The molecule has 0 aliphatic carbocycles. The van der Waals surface area contributed by atoms with Crippen LogP contribution in [0.4, 0.5) is 0 Å². The number of aromatic nitrogens is 3. The zero-order valence-electron chi connectivity index (χ0n) is 8.80. The predicted octanol–water partition coefficient (Wildman–Crippen LogP) is 1.56. The Morgan fingerprint density at radius 2 is 2.18 bits per heavy atom. The molecule has 1 N–H and O–H groups in total. The van der Waals surface area contributed by atoms with Gasteiger partial charge in [-0.15, -0.1) is 0 Å². The molecule has 6 heteroatoms. The molecule has 0 saturated carbocycles. The van der Waals surface area contributed by atoms with Crippen LogP contribution < -0.4 is 5.32 Å². The fourth-order valence-corrected chi connectivity index (χ4v) is 1.67. The Hall–Kier alpha value is -1.82. The van der Waals surface area contributed by atoms with E-state index in [0.29, 0.717) is 16.7 Å². The third kappa shape index (κ3) is 3.07. The maximum Gasteiger partial charge on any atom is 0.271 e. The molecule has 0 unspecified atom stereocenters. The lowest BCUT2D eigenvalue weighted by atomic mass is 10.3. The minimum atomic E-state index is -0.240. The van der Waals surface area contributed by atoms with Crippen LogP contribution in [0.1, 0.15) is 16.2 Å². The highest BCUT2D eigenvalue weighted by atomic mass is 79.9. The Balaban J connectivity index is 2.01. The summed E-state index contributed by atoms with van der Waals surface area (Å²) in [5, 5.41) is 2.73. The topological polar surface area (TPSA) is 67.8 Å². The van der Waals surface area contributed by atoms with Crippen LogP contribution in [0, 0.1) is 0 Å². The molecule has 0 aliphatic heterocycles. The van der Waals surface area contributed by atoms with E-state index in [1.807, 2.05) is 0 Å². The fourth-order valence-electron chi connectivity index (χ4n) is 1.23. The molecule has 0 radical (unpaired) electrons. The largest absolute Gasteiger partial charge is 0.345 e. The molecule has 2 aromatic rings.